The highest BCUT2D eigenvalue weighted by atomic mass is 32.2. The van der Waals surface area contributed by atoms with Gasteiger partial charge >= 0.3 is 5.97 Å². The second-order valence-electron chi connectivity index (χ2n) is 5.69. The van der Waals surface area contributed by atoms with Crippen LogP contribution in [0.4, 0.5) is 0 Å². The first-order chi connectivity index (χ1) is 10.6. The zero-order valence-corrected chi connectivity index (χ0v) is 14.7. The molecule has 2 atom stereocenters. The van der Waals surface area contributed by atoms with Gasteiger partial charge in [-0.1, -0.05) is 0 Å². The van der Waals surface area contributed by atoms with Crippen LogP contribution in [0, 0.1) is 0 Å². The molecule has 1 saturated heterocycles. The maximum absolute atomic E-state index is 12.8. The molecule has 1 heterocycles. The van der Waals surface area contributed by atoms with E-state index in [1.54, 1.807) is 0 Å². The predicted molar refractivity (Wildman–Crippen MR) is 85.4 cm³/mol. The van der Waals surface area contributed by atoms with E-state index in [1.165, 1.54) is 45.2 Å². The maximum Gasteiger partial charge on any atom is 0.323 e. The van der Waals surface area contributed by atoms with Crippen LogP contribution in [0.5, 0.6) is 5.75 Å². The largest absolute Gasteiger partial charge is 0.497 e. The summed E-state index contributed by atoms with van der Waals surface area (Å²) in [6, 6.07) is 4.34. The van der Waals surface area contributed by atoms with Gasteiger partial charge in [0.2, 0.25) is 10.0 Å². The third-order valence-electron chi connectivity index (χ3n) is 3.93. The standard InChI is InChI=1S/C14H19NO6S2/c1-14(2)12(13(16)17)15(8-9-22(14)18)23(19,20)11-6-4-10(21-3)5-7-11/h4-7,12H,8-9H2,1-3H3,(H,16,17). The van der Waals surface area contributed by atoms with Crippen molar-refractivity contribution in [3.05, 3.63) is 24.3 Å². The van der Waals surface area contributed by atoms with Gasteiger partial charge in [0.05, 0.1) is 16.8 Å². The summed E-state index contributed by atoms with van der Waals surface area (Å²) in [7, 11) is -3.97. The van der Waals surface area contributed by atoms with Crippen molar-refractivity contribution in [3.8, 4) is 5.75 Å². The zero-order chi connectivity index (χ0) is 17.4. The fourth-order valence-electron chi connectivity index (χ4n) is 2.60. The molecule has 2 unspecified atom stereocenters. The van der Waals surface area contributed by atoms with E-state index in [4.69, 9.17) is 4.74 Å². The molecule has 0 aromatic heterocycles. The van der Waals surface area contributed by atoms with Gasteiger partial charge < -0.3 is 9.84 Å². The van der Waals surface area contributed by atoms with Crippen molar-refractivity contribution in [1.29, 1.82) is 0 Å². The van der Waals surface area contributed by atoms with Gasteiger partial charge in [-0.05, 0) is 38.1 Å². The number of methoxy groups -OCH3 is 1. The second-order valence-corrected chi connectivity index (χ2v) is 9.73. The van der Waals surface area contributed by atoms with Crippen molar-refractivity contribution in [2.24, 2.45) is 0 Å². The Bertz CT molecular complexity index is 726. The molecule has 0 spiro atoms. The molecular weight excluding hydrogens is 342 g/mol. The Hall–Kier alpha value is -1.45. The number of carbonyl (C=O) groups is 1. The third kappa shape index (κ3) is 3.13. The van der Waals surface area contributed by atoms with E-state index in [1.807, 2.05) is 0 Å². The fraction of sp³-hybridized carbons (Fsp3) is 0.500. The lowest BCUT2D eigenvalue weighted by molar-refractivity contribution is -0.142. The lowest BCUT2D eigenvalue weighted by Crippen LogP contribution is -2.62. The van der Waals surface area contributed by atoms with Crippen LogP contribution in [0.2, 0.25) is 0 Å². The van der Waals surface area contributed by atoms with E-state index >= 15 is 0 Å². The minimum absolute atomic E-state index is 0.0203. The zero-order valence-electron chi connectivity index (χ0n) is 13.1. The van der Waals surface area contributed by atoms with Gasteiger partial charge in [-0.2, -0.15) is 4.31 Å². The number of rotatable bonds is 4. The fourth-order valence-corrected chi connectivity index (χ4v) is 5.86. The molecule has 0 saturated carbocycles. The summed E-state index contributed by atoms with van der Waals surface area (Å²) in [5.41, 5.74) is 0. The maximum atomic E-state index is 12.8. The average molecular weight is 361 g/mol. The van der Waals surface area contributed by atoms with Gasteiger partial charge in [-0.25, -0.2) is 8.42 Å². The lowest BCUT2D eigenvalue weighted by atomic mass is 10.0. The molecule has 0 amide bonds. The Morgan fingerprint density at radius 1 is 1.35 bits per heavy atom. The molecule has 0 radical (unpaired) electrons. The molecule has 23 heavy (non-hydrogen) atoms. The predicted octanol–water partition coefficient (Wildman–Crippen LogP) is 0.680. The van der Waals surface area contributed by atoms with Gasteiger partial charge in [0.25, 0.3) is 0 Å². The quantitative estimate of drug-likeness (QED) is 0.846. The SMILES string of the molecule is COc1ccc(S(=O)(=O)N2CCS(=O)C(C)(C)C2C(=O)O)cc1. The molecule has 7 nitrogen and oxygen atoms in total. The highest BCUT2D eigenvalue weighted by Crippen LogP contribution is 2.32. The molecule has 128 valence electrons. The highest BCUT2D eigenvalue weighted by Gasteiger charge is 2.51. The summed E-state index contributed by atoms with van der Waals surface area (Å²) in [5, 5.41) is 9.49. The van der Waals surface area contributed by atoms with Crippen LogP contribution in [0.1, 0.15) is 13.8 Å². The van der Waals surface area contributed by atoms with E-state index in [0.717, 1.165) is 4.31 Å². The summed E-state index contributed by atoms with van der Waals surface area (Å²) < 4.78 is 42.5. The number of hydrogen-bond donors (Lipinski definition) is 1. The molecule has 0 aliphatic carbocycles. The molecule has 1 fully saturated rings. The number of carboxylic acid groups (broad SMARTS) is 1. The molecule has 1 aliphatic rings. The van der Waals surface area contributed by atoms with E-state index in [-0.39, 0.29) is 17.2 Å². The smallest absolute Gasteiger partial charge is 0.323 e. The summed E-state index contributed by atoms with van der Waals surface area (Å²) >= 11 is 0. The first-order valence-electron chi connectivity index (χ1n) is 6.89. The van der Waals surface area contributed by atoms with Gasteiger partial charge in [0.1, 0.15) is 11.8 Å². The molecular formula is C14H19NO6S2. The summed E-state index contributed by atoms with van der Waals surface area (Å²) in [6.45, 7) is 2.93. The van der Waals surface area contributed by atoms with E-state index < -0.39 is 37.6 Å². The Balaban J connectivity index is 2.48. The number of aliphatic carboxylic acids is 1. The summed E-state index contributed by atoms with van der Waals surface area (Å²) in [4.78, 5) is 11.6. The molecule has 1 aromatic rings. The van der Waals surface area contributed by atoms with Crippen LogP contribution in [-0.2, 0) is 25.6 Å². The first kappa shape index (κ1) is 17.9. The topological polar surface area (TPSA) is 101 Å². The molecule has 0 bridgehead atoms. The normalized spacial score (nSPS) is 25.0. The van der Waals surface area contributed by atoms with Crippen LogP contribution in [-0.4, -0.2) is 58.2 Å². The van der Waals surface area contributed by atoms with Gasteiger partial charge in [0.15, 0.2) is 0 Å². The van der Waals surface area contributed by atoms with Crippen LogP contribution in [0.15, 0.2) is 29.2 Å². The van der Waals surface area contributed by atoms with Crippen molar-refractivity contribution in [2.75, 3.05) is 19.4 Å². The molecule has 2 rings (SSSR count). The molecule has 1 aliphatic heterocycles. The Morgan fingerprint density at radius 3 is 2.39 bits per heavy atom. The highest BCUT2D eigenvalue weighted by molar-refractivity contribution is 7.90. The van der Waals surface area contributed by atoms with Crippen molar-refractivity contribution in [3.63, 3.8) is 0 Å². The van der Waals surface area contributed by atoms with Crippen LogP contribution in [0.25, 0.3) is 0 Å². The van der Waals surface area contributed by atoms with Gasteiger partial charge in [-0.15, -0.1) is 0 Å². The van der Waals surface area contributed by atoms with Gasteiger partial charge in [-0.3, -0.25) is 9.00 Å². The number of carboxylic acids is 1. The Labute approximate surface area is 137 Å². The molecule has 9 heteroatoms. The number of ether oxygens (including phenoxy) is 1. The number of hydrogen-bond acceptors (Lipinski definition) is 5. The van der Waals surface area contributed by atoms with Crippen molar-refractivity contribution in [2.45, 2.75) is 29.5 Å². The van der Waals surface area contributed by atoms with Crippen LogP contribution < -0.4 is 4.74 Å². The van der Waals surface area contributed by atoms with E-state index in [9.17, 15) is 22.5 Å². The Kier molecular flexibility index (Phi) is 4.84. The number of nitrogens with zero attached hydrogens (tertiary/aromatic N) is 1. The summed E-state index contributed by atoms with van der Waals surface area (Å²) in [5.74, 6) is -0.703. The van der Waals surface area contributed by atoms with Crippen molar-refractivity contribution < 1.29 is 27.3 Å². The number of benzene rings is 1. The monoisotopic (exact) mass is 361 g/mol. The van der Waals surface area contributed by atoms with Crippen LogP contribution in [0.3, 0.4) is 0 Å². The third-order valence-corrected chi connectivity index (χ3v) is 7.76. The molecule has 1 N–H and O–H groups in total. The van der Waals surface area contributed by atoms with Crippen molar-refractivity contribution in [1.82, 2.24) is 4.31 Å². The second kappa shape index (κ2) is 6.21. The van der Waals surface area contributed by atoms with E-state index in [2.05, 4.69) is 0 Å². The Morgan fingerprint density at radius 2 is 1.91 bits per heavy atom. The van der Waals surface area contributed by atoms with E-state index in [0.29, 0.717) is 5.75 Å². The average Bonchev–Trinajstić information content (AvgIpc) is 2.49. The number of sulfonamides is 1. The van der Waals surface area contributed by atoms with Gasteiger partial charge in [0, 0.05) is 23.1 Å². The minimum Gasteiger partial charge on any atom is -0.497 e. The molecule has 1 aromatic carbocycles. The van der Waals surface area contributed by atoms with Crippen LogP contribution >= 0.6 is 0 Å². The minimum atomic E-state index is -4.01. The summed E-state index contributed by atoms with van der Waals surface area (Å²) in [6.07, 6.45) is 0. The first-order valence-corrected chi connectivity index (χ1v) is 9.65. The van der Waals surface area contributed by atoms with Crippen molar-refractivity contribution >= 4 is 26.8 Å². The lowest BCUT2D eigenvalue weighted by Gasteiger charge is -2.42.